The maximum absolute atomic E-state index is 15.0. The highest BCUT2D eigenvalue weighted by Gasteiger charge is 2.57. The van der Waals surface area contributed by atoms with Gasteiger partial charge in [0, 0.05) is 54.6 Å². The Bertz CT molecular complexity index is 1150. The van der Waals surface area contributed by atoms with E-state index in [-0.39, 0.29) is 43.0 Å². The SMILES string of the molecule is [N-]=[N+]=NCC1=C([C@@H]2OC(C3CCC(OCCCO)CC3)=N[C@]2(CC2CCCCC2N=[N+]=[N-])C(=O)N2CCCCC2)CCCC1. The molecule has 1 saturated heterocycles. The molecule has 12 nitrogen and oxygen atoms in total. The summed E-state index contributed by atoms with van der Waals surface area (Å²) in [6, 6.07) is -0.158. The lowest BCUT2D eigenvalue weighted by atomic mass is 9.71. The highest BCUT2D eigenvalue weighted by atomic mass is 16.5. The molecule has 5 rings (SSSR count). The Morgan fingerprint density at radius 1 is 1.00 bits per heavy atom. The highest BCUT2D eigenvalue weighted by Crippen LogP contribution is 2.47. The summed E-state index contributed by atoms with van der Waals surface area (Å²) in [5.41, 5.74) is 19.6. The lowest BCUT2D eigenvalue weighted by Crippen LogP contribution is -2.57. The molecule has 2 saturated carbocycles. The molecule has 242 valence electrons. The molecule has 1 amide bonds. The molecule has 1 N–H and O–H groups in total. The first-order chi connectivity index (χ1) is 21.6. The second-order valence-corrected chi connectivity index (χ2v) is 13.4. The molecule has 12 heteroatoms. The molecule has 4 atom stereocenters. The van der Waals surface area contributed by atoms with Crippen LogP contribution in [0.5, 0.6) is 0 Å². The average Bonchev–Trinajstić information content (AvgIpc) is 3.45. The van der Waals surface area contributed by atoms with Gasteiger partial charge < -0.3 is 19.5 Å². The van der Waals surface area contributed by atoms with Gasteiger partial charge in [0.05, 0.1) is 6.10 Å². The van der Waals surface area contributed by atoms with Gasteiger partial charge in [-0.05, 0) is 119 Å². The van der Waals surface area contributed by atoms with E-state index in [0.717, 1.165) is 121 Å². The Hall–Kier alpha value is -2.78. The van der Waals surface area contributed by atoms with E-state index in [1.54, 1.807) is 0 Å². The van der Waals surface area contributed by atoms with Crippen LogP contribution in [0.1, 0.15) is 109 Å². The second kappa shape index (κ2) is 16.0. The minimum Gasteiger partial charge on any atom is -0.470 e. The van der Waals surface area contributed by atoms with Crippen LogP contribution in [0.15, 0.2) is 26.4 Å². The largest absolute Gasteiger partial charge is 0.470 e. The van der Waals surface area contributed by atoms with Gasteiger partial charge in [0.2, 0.25) is 0 Å². The van der Waals surface area contributed by atoms with Crippen LogP contribution in [0.2, 0.25) is 0 Å². The predicted molar refractivity (Wildman–Crippen MR) is 168 cm³/mol. The van der Waals surface area contributed by atoms with Crippen molar-refractivity contribution in [3.63, 3.8) is 0 Å². The number of azide groups is 2. The van der Waals surface area contributed by atoms with Crippen molar-refractivity contribution in [2.24, 2.45) is 27.1 Å². The van der Waals surface area contributed by atoms with Crippen molar-refractivity contribution < 1.29 is 19.4 Å². The number of piperidine rings is 1. The zero-order valence-corrected chi connectivity index (χ0v) is 26.2. The zero-order chi connectivity index (χ0) is 30.8. The number of likely N-dealkylation sites (tertiary alicyclic amines) is 1. The van der Waals surface area contributed by atoms with E-state index in [0.29, 0.717) is 25.3 Å². The number of amides is 1. The van der Waals surface area contributed by atoms with Gasteiger partial charge in [-0.3, -0.25) is 4.79 Å². The number of hydrogen-bond donors (Lipinski definition) is 1. The van der Waals surface area contributed by atoms with Crippen molar-refractivity contribution in [1.29, 1.82) is 0 Å². The van der Waals surface area contributed by atoms with Gasteiger partial charge in [0.25, 0.3) is 5.91 Å². The number of carbonyl (C=O) groups excluding carboxylic acids is 1. The molecule has 44 heavy (non-hydrogen) atoms. The zero-order valence-electron chi connectivity index (χ0n) is 26.2. The van der Waals surface area contributed by atoms with Crippen LogP contribution in [-0.4, -0.2) is 78.4 Å². The Balaban J connectivity index is 1.53. The molecule has 0 aromatic carbocycles. The van der Waals surface area contributed by atoms with E-state index in [9.17, 15) is 10.3 Å². The van der Waals surface area contributed by atoms with E-state index in [1.807, 2.05) is 4.90 Å². The molecule has 3 fully saturated rings. The van der Waals surface area contributed by atoms with Crippen molar-refractivity contribution in [2.45, 2.75) is 133 Å². The molecular weight excluding hydrogens is 560 g/mol. The van der Waals surface area contributed by atoms with Crippen LogP contribution < -0.4 is 0 Å². The molecule has 0 spiro atoms. The number of ether oxygens (including phenoxy) is 2. The van der Waals surface area contributed by atoms with E-state index < -0.39 is 11.6 Å². The van der Waals surface area contributed by atoms with Crippen LogP contribution in [0.25, 0.3) is 20.9 Å². The van der Waals surface area contributed by atoms with Crippen LogP contribution in [0.3, 0.4) is 0 Å². The number of aliphatic imine (C=N–C) groups is 1. The number of carbonyl (C=O) groups is 1. The van der Waals surface area contributed by atoms with Crippen molar-refractivity contribution in [3.05, 3.63) is 32.0 Å². The van der Waals surface area contributed by atoms with E-state index in [4.69, 9.17) is 25.1 Å². The summed E-state index contributed by atoms with van der Waals surface area (Å²) >= 11 is 0. The summed E-state index contributed by atoms with van der Waals surface area (Å²) in [5, 5.41) is 17.3. The van der Waals surface area contributed by atoms with Crippen LogP contribution in [0, 0.1) is 11.8 Å². The lowest BCUT2D eigenvalue weighted by molar-refractivity contribution is -0.141. The predicted octanol–water partition coefficient (Wildman–Crippen LogP) is 6.93. The summed E-state index contributed by atoms with van der Waals surface area (Å²) in [5.74, 6) is 0.884. The van der Waals surface area contributed by atoms with Gasteiger partial charge in [-0.15, -0.1) is 0 Å². The molecule has 2 aliphatic heterocycles. The number of aliphatic hydroxyl groups is 1. The van der Waals surface area contributed by atoms with Gasteiger partial charge >= 0.3 is 0 Å². The molecule has 2 heterocycles. The van der Waals surface area contributed by atoms with E-state index in [1.165, 1.54) is 0 Å². The number of hydrogen-bond acceptors (Lipinski definition) is 7. The first kappa shape index (κ1) is 32.6. The molecular formula is C32H50N8O4. The topological polar surface area (TPSA) is 169 Å². The molecule has 0 aromatic heterocycles. The van der Waals surface area contributed by atoms with Crippen molar-refractivity contribution >= 4 is 11.8 Å². The maximum Gasteiger partial charge on any atom is 0.254 e. The summed E-state index contributed by atoms with van der Waals surface area (Å²) in [6.45, 7) is 2.44. The monoisotopic (exact) mass is 610 g/mol. The second-order valence-electron chi connectivity index (χ2n) is 13.4. The van der Waals surface area contributed by atoms with E-state index >= 15 is 0 Å². The summed E-state index contributed by atoms with van der Waals surface area (Å²) in [4.78, 5) is 28.7. The fourth-order valence-electron chi connectivity index (χ4n) is 8.26. The van der Waals surface area contributed by atoms with Gasteiger partial charge in [0.15, 0.2) is 17.5 Å². The number of aliphatic hydroxyl groups excluding tert-OH is 1. The number of rotatable bonds is 12. The quantitative estimate of drug-likeness (QED) is 0.0831. The summed E-state index contributed by atoms with van der Waals surface area (Å²) < 4.78 is 13.0. The molecule has 2 unspecified atom stereocenters. The minimum absolute atomic E-state index is 0.0445. The fourth-order valence-corrected chi connectivity index (χ4v) is 8.26. The minimum atomic E-state index is -1.12. The molecule has 0 aromatic rings. The Labute approximate surface area is 260 Å². The van der Waals surface area contributed by atoms with Crippen LogP contribution in [-0.2, 0) is 14.3 Å². The Morgan fingerprint density at radius 3 is 2.52 bits per heavy atom. The Kier molecular flexibility index (Phi) is 11.8. The van der Waals surface area contributed by atoms with Gasteiger partial charge in [-0.25, -0.2) is 4.99 Å². The fraction of sp³-hybridized carbons (Fsp3) is 0.875. The van der Waals surface area contributed by atoms with Gasteiger partial charge in [-0.2, -0.15) is 0 Å². The normalized spacial score (nSPS) is 32.7. The third kappa shape index (κ3) is 7.53. The molecule has 5 aliphatic rings. The smallest absolute Gasteiger partial charge is 0.254 e. The van der Waals surface area contributed by atoms with Gasteiger partial charge in [0.1, 0.15) is 0 Å². The van der Waals surface area contributed by atoms with Crippen molar-refractivity contribution in [2.75, 3.05) is 32.8 Å². The third-order valence-corrected chi connectivity index (χ3v) is 10.6. The molecule has 0 bridgehead atoms. The average molecular weight is 611 g/mol. The first-order valence-corrected chi connectivity index (χ1v) is 17.1. The molecule has 0 radical (unpaired) electrons. The summed E-state index contributed by atoms with van der Waals surface area (Å²) in [6.07, 6.45) is 14.8. The number of nitrogens with zero attached hydrogens (tertiary/aromatic N) is 8. The Morgan fingerprint density at radius 2 is 1.77 bits per heavy atom. The highest BCUT2D eigenvalue weighted by molar-refractivity contribution is 5.95. The summed E-state index contributed by atoms with van der Waals surface area (Å²) in [7, 11) is 0. The van der Waals surface area contributed by atoms with E-state index in [2.05, 4.69) is 20.1 Å². The first-order valence-electron chi connectivity index (χ1n) is 17.1. The molecule has 3 aliphatic carbocycles. The maximum atomic E-state index is 15.0. The third-order valence-electron chi connectivity index (χ3n) is 10.6. The lowest BCUT2D eigenvalue weighted by Gasteiger charge is -2.42. The standard InChI is InChI=1S/C32H50N8O4/c33-38-35-22-25-10-2-4-11-27(25)29-32(31(42)40-17-6-1-7-18-40,21-24-9-3-5-12-28(24)37-39-34)36-30(44-29)23-13-15-26(16-14-23)43-20-8-19-41/h23-24,26,28-29,41H,1-22H2/t23?,24?,26?,28?,29-,32-/m0/s1. The van der Waals surface area contributed by atoms with Crippen LogP contribution in [0.4, 0.5) is 0 Å². The van der Waals surface area contributed by atoms with Crippen molar-refractivity contribution in [3.8, 4) is 0 Å². The van der Waals surface area contributed by atoms with Crippen LogP contribution >= 0.6 is 0 Å². The van der Waals surface area contributed by atoms with Crippen molar-refractivity contribution in [1.82, 2.24) is 4.90 Å². The van der Waals surface area contributed by atoms with Gasteiger partial charge in [-0.1, -0.05) is 28.6 Å².